The molecule has 9 heteroatoms. The fourth-order valence-electron chi connectivity index (χ4n) is 2.94. The van der Waals surface area contributed by atoms with Gasteiger partial charge in [-0.15, -0.1) is 0 Å². The molecular weight excluding hydrogens is 391 g/mol. The second-order valence-electron chi connectivity index (χ2n) is 6.85. The minimum Gasteiger partial charge on any atom is -0.354 e. The monoisotopic (exact) mass is 412 g/mol. The van der Waals surface area contributed by atoms with Crippen molar-refractivity contribution in [2.75, 3.05) is 31.1 Å². The van der Waals surface area contributed by atoms with Gasteiger partial charge in [-0.05, 0) is 25.1 Å². The molecule has 0 saturated carbocycles. The zero-order valence-electron chi connectivity index (χ0n) is 15.5. The number of hydrogen-bond donors (Lipinski definition) is 0. The smallest absolute Gasteiger partial charge is 0.243 e. The van der Waals surface area contributed by atoms with E-state index in [1.54, 1.807) is 0 Å². The number of benzene rings is 1. The van der Waals surface area contributed by atoms with Crippen LogP contribution in [0.5, 0.6) is 0 Å². The van der Waals surface area contributed by atoms with Gasteiger partial charge in [0.2, 0.25) is 10.0 Å². The molecule has 0 amide bonds. The maximum absolute atomic E-state index is 13.3. The van der Waals surface area contributed by atoms with Crippen molar-refractivity contribution in [2.45, 2.75) is 31.6 Å². The minimum atomic E-state index is -3.71. The normalized spacial score (nSPS) is 16.1. The first-order valence-corrected chi connectivity index (χ1v) is 10.6. The molecule has 1 aliphatic heterocycles. The lowest BCUT2D eigenvalue weighted by Crippen LogP contribution is -2.49. The van der Waals surface area contributed by atoms with Gasteiger partial charge in [0.15, 0.2) is 0 Å². The number of aryl methyl sites for hydroxylation is 1. The second kappa shape index (κ2) is 7.69. The molecular formula is C18H22ClFN4O2S. The Morgan fingerprint density at radius 1 is 1.11 bits per heavy atom. The summed E-state index contributed by atoms with van der Waals surface area (Å²) < 4.78 is 40.3. The van der Waals surface area contributed by atoms with Crippen LogP contribution in [0.25, 0.3) is 0 Å². The second-order valence-corrected chi connectivity index (χ2v) is 9.19. The van der Waals surface area contributed by atoms with Crippen molar-refractivity contribution in [3.63, 3.8) is 0 Å². The van der Waals surface area contributed by atoms with Crippen LogP contribution in [-0.2, 0) is 10.0 Å². The van der Waals surface area contributed by atoms with Crippen LogP contribution in [0.2, 0.25) is 5.02 Å². The van der Waals surface area contributed by atoms with E-state index in [0.29, 0.717) is 26.2 Å². The summed E-state index contributed by atoms with van der Waals surface area (Å²) in [4.78, 5) is 11.1. The lowest BCUT2D eigenvalue weighted by molar-refractivity contribution is 0.383. The van der Waals surface area contributed by atoms with Gasteiger partial charge in [-0.2, -0.15) is 4.31 Å². The van der Waals surface area contributed by atoms with Gasteiger partial charge in [0, 0.05) is 43.9 Å². The highest BCUT2D eigenvalue weighted by molar-refractivity contribution is 7.89. The molecule has 0 bridgehead atoms. The van der Waals surface area contributed by atoms with Crippen molar-refractivity contribution in [3.05, 3.63) is 46.6 Å². The average Bonchev–Trinajstić information content (AvgIpc) is 2.63. The van der Waals surface area contributed by atoms with E-state index in [1.807, 2.05) is 26.8 Å². The van der Waals surface area contributed by atoms with Crippen molar-refractivity contribution < 1.29 is 12.8 Å². The predicted molar refractivity (Wildman–Crippen MR) is 103 cm³/mol. The molecule has 2 aromatic rings. The molecule has 27 heavy (non-hydrogen) atoms. The fraction of sp³-hybridized carbons (Fsp3) is 0.444. The molecule has 0 N–H and O–H groups in total. The largest absolute Gasteiger partial charge is 0.354 e. The molecule has 1 aromatic carbocycles. The highest BCUT2D eigenvalue weighted by atomic mass is 35.5. The van der Waals surface area contributed by atoms with Gasteiger partial charge in [0.05, 0.1) is 9.92 Å². The summed E-state index contributed by atoms with van der Waals surface area (Å²) in [6.45, 7) is 7.67. The van der Waals surface area contributed by atoms with Gasteiger partial charge < -0.3 is 4.90 Å². The molecule has 0 aliphatic carbocycles. The van der Waals surface area contributed by atoms with Gasteiger partial charge in [0.1, 0.15) is 17.5 Å². The Labute approximate surface area is 164 Å². The summed E-state index contributed by atoms with van der Waals surface area (Å²) in [5, 5.41) is -0.201. The Morgan fingerprint density at radius 3 is 2.37 bits per heavy atom. The molecule has 0 radical (unpaired) electrons. The van der Waals surface area contributed by atoms with Crippen LogP contribution in [0.4, 0.5) is 10.2 Å². The van der Waals surface area contributed by atoms with Crippen molar-refractivity contribution >= 4 is 27.4 Å². The molecule has 0 atom stereocenters. The highest BCUT2D eigenvalue weighted by Crippen LogP contribution is 2.24. The Bertz CT molecular complexity index is 944. The molecule has 6 nitrogen and oxygen atoms in total. The van der Waals surface area contributed by atoms with E-state index in [1.165, 1.54) is 10.4 Å². The van der Waals surface area contributed by atoms with Gasteiger partial charge in [-0.25, -0.2) is 22.8 Å². The number of aromatic nitrogens is 2. The molecule has 1 saturated heterocycles. The van der Waals surface area contributed by atoms with Crippen LogP contribution in [0.3, 0.4) is 0 Å². The summed E-state index contributed by atoms with van der Waals surface area (Å²) in [5.74, 6) is 1.17. The molecule has 0 spiro atoms. The van der Waals surface area contributed by atoms with Gasteiger partial charge in [-0.3, -0.25) is 0 Å². The third kappa shape index (κ3) is 4.23. The van der Waals surface area contributed by atoms with Crippen LogP contribution >= 0.6 is 11.6 Å². The van der Waals surface area contributed by atoms with E-state index in [2.05, 4.69) is 14.9 Å². The van der Waals surface area contributed by atoms with Gasteiger partial charge >= 0.3 is 0 Å². The fourth-order valence-corrected chi connectivity index (χ4v) is 4.63. The average molecular weight is 413 g/mol. The summed E-state index contributed by atoms with van der Waals surface area (Å²) in [6, 6.07) is 5.38. The van der Waals surface area contributed by atoms with Crippen molar-refractivity contribution in [1.29, 1.82) is 0 Å². The third-order valence-corrected chi connectivity index (χ3v) is 6.65. The standard InChI is InChI=1S/C18H22ClFN4O2S/c1-12(2)18-21-13(3)10-17(22-18)23-6-8-24(9-7-23)27(25,26)14-4-5-16(20)15(19)11-14/h4-5,10-12H,6-9H2,1-3H3. The first-order chi connectivity index (χ1) is 12.7. The Hall–Kier alpha value is -1.77. The summed E-state index contributed by atoms with van der Waals surface area (Å²) in [5.41, 5.74) is 0.889. The number of nitrogens with zero attached hydrogens (tertiary/aromatic N) is 4. The molecule has 3 rings (SSSR count). The van der Waals surface area contributed by atoms with Gasteiger partial charge in [-0.1, -0.05) is 25.4 Å². The lowest BCUT2D eigenvalue weighted by Gasteiger charge is -2.35. The third-order valence-electron chi connectivity index (χ3n) is 4.47. The predicted octanol–water partition coefficient (Wildman–Crippen LogP) is 3.21. The van der Waals surface area contributed by atoms with E-state index < -0.39 is 15.8 Å². The quantitative estimate of drug-likeness (QED) is 0.771. The molecule has 1 fully saturated rings. The van der Waals surface area contributed by atoms with Crippen molar-refractivity contribution in [2.24, 2.45) is 0 Å². The number of rotatable bonds is 4. The van der Waals surface area contributed by atoms with Crippen LogP contribution in [0, 0.1) is 12.7 Å². The summed E-state index contributed by atoms with van der Waals surface area (Å²) >= 11 is 5.74. The molecule has 1 aromatic heterocycles. The number of anilines is 1. The highest BCUT2D eigenvalue weighted by Gasteiger charge is 2.29. The topological polar surface area (TPSA) is 66.4 Å². The van der Waals surface area contributed by atoms with E-state index in [4.69, 9.17) is 11.6 Å². The minimum absolute atomic E-state index is 0.00215. The van der Waals surface area contributed by atoms with Crippen molar-refractivity contribution in [1.82, 2.24) is 14.3 Å². The number of piperazine rings is 1. The van der Waals surface area contributed by atoms with Crippen molar-refractivity contribution in [3.8, 4) is 0 Å². The van der Waals surface area contributed by atoms with Crippen LogP contribution in [0.15, 0.2) is 29.2 Å². The molecule has 2 heterocycles. The first kappa shape index (κ1) is 20.0. The maximum atomic E-state index is 13.3. The maximum Gasteiger partial charge on any atom is 0.243 e. The van der Waals surface area contributed by atoms with E-state index in [9.17, 15) is 12.8 Å². The van der Waals surface area contributed by atoms with E-state index in [0.717, 1.165) is 29.5 Å². The van der Waals surface area contributed by atoms with Gasteiger partial charge in [0.25, 0.3) is 0 Å². The summed E-state index contributed by atoms with van der Waals surface area (Å²) in [7, 11) is -3.71. The Kier molecular flexibility index (Phi) is 5.69. The Balaban J connectivity index is 1.76. The number of halogens is 2. The summed E-state index contributed by atoms with van der Waals surface area (Å²) in [6.07, 6.45) is 0. The number of sulfonamides is 1. The zero-order valence-corrected chi connectivity index (χ0v) is 17.1. The van der Waals surface area contributed by atoms with E-state index >= 15 is 0 Å². The first-order valence-electron chi connectivity index (χ1n) is 8.74. The van der Waals surface area contributed by atoms with Crippen LogP contribution in [-0.4, -0.2) is 48.9 Å². The molecule has 146 valence electrons. The molecule has 1 aliphatic rings. The zero-order chi connectivity index (χ0) is 19.8. The Morgan fingerprint density at radius 2 is 1.78 bits per heavy atom. The number of hydrogen-bond acceptors (Lipinski definition) is 5. The molecule has 0 unspecified atom stereocenters. The van der Waals surface area contributed by atoms with Crippen LogP contribution < -0.4 is 4.90 Å². The van der Waals surface area contributed by atoms with Crippen LogP contribution in [0.1, 0.15) is 31.3 Å². The lowest BCUT2D eigenvalue weighted by atomic mass is 10.2. The van der Waals surface area contributed by atoms with E-state index in [-0.39, 0.29) is 15.8 Å². The SMILES string of the molecule is Cc1cc(N2CCN(S(=O)(=O)c3ccc(F)c(Cl)c3)CC2)nc(C(C)C)n1.